The quantitative estimate of drug-likeness (QED) is 0.584. The second-order valence-corrected chi connectivity index (χ2v) is 12.0. The summed E-state index contributed by atoms with van der Waals surface area (Å²) in [4.78, 5) is 0. The third-order valence-corrected chi connectivity index (χ3v) is 3.87. The Morgan fingerprint density at radius 1 is 1.15 bits per heavy atom. The third kappa shape index (κ3) is 4.52. The Bertz CT molecular complexity index is 527. The van der Waals surface area contributed by atoms with Crippen LogP contribution in [0.15, 0.2) is 24.3 Å². The summed E-state index contributed by atoms with van der Waals surface area (Å²) in [6.07, 6.45) is 0. The Hall–Kier alpha value is -1.02. The summed E-state index contributed by atoms with van der Waals surface area (Å²) in [7, 11) is -1.59. The first-order chi connectivity index (χ1) is 9.25. The lowest BCUT2D eigenvalue weighted by molar-refractivity contribution is 0.0343. The van der Waals surface area contributed by atoms with Crippen LogP contribution in [0.5, 0.6) is 0 Å². The van der Waals surface area contributed by atoms with Crippen molar-refractivity contribution in [2.45, 2.75) is 33.5 Å². The van der Waals surface area contributed by atoms with Gasteiger partial charge in [0.1, 0.15) is 8.07 Å². The van der Waals surface area contributed by atoms with Gasteiger partial charge in [-0.25, -0.2) is 0 Å². The van der Waals surface area contributed by atoms with Gasteiger partial charge in [0.2, 0.25) is 0 Å². The maximum absolute atomic E-state index is 5.82. The fraction of sp³-hybridized carbons (Fsp3) is 0.500. The van der Waals surface area contributed by atoms with Gasteiger partial charge in [0.05, 0.1) is 0 Å². The zero-order chi connectivity index (χ0) is 14.8. The molecule has 106 valence electrons. The van der Waals surface area contributed by atoms with Crippen molar-refractivity contribution in [1.29, 1.82) is 0 Å². The predicted octanol–water partition coefficient (Wildman–Crippen LogP) is 2.68. The van der Waals surface area contributed by atoms with E-state index in [0.29, 0.717) is 0 Å². The van der Waals surface area contributed by atoms with E-state index in [1.807, 2.05) is 18.2 Å². The minimum absolute atomic E-state index is 0.103. The van der Waals surface area contributed by atoms with E-state index in [-0.39, 0.29) is 12.5 Å². The summed E-state index contributed by atoms with van der Waals surface area (Å²) in [6, 6.07) is 8.19. The van der Waals surface area contributed by atoms with E-state index in [0.717, 1.165) is 24.2 Å². The first kappa shape index (κ1) is 15.4. The molecule has 0 radical (unpaired) electrons. The highest BCUT2D eigenvalue weighted by Crippen LogP contribution is 2.21. The normalized spacial score (nSPS) is 18.4. The van der Waals surface area contributed by atoms with Gasteiger partial charge in [-0.1, -0.05) is 51.5 Å². The van der Waals surface area contributed by atoms with Crippen molar-refractivity contribution < 1.29 is 9.31 Å². The Balaban J connectivity index is 2.12. The fourth-order valence-corrected chi connectivity index (χ4v) is 2.43. The van der Waals surface area contributed by atoms with Crippen LogP contribution in [0.3, 0.4) is 0 Å². The second-order valence-electron chi connectivity index (χ2n) is 7.24. The fourth-order valence-electron chi connectivity index (χ4n) is 1.91. The molecule has 1 aromatic rings. The lowest BCUT2D eigenvalue weighted by Crippen LogP contribution is -2.47. The molecule has 0 N–H and O–H groups in total. The van der Waals surface area contributed by atoms with E-state index in [2.05, 4.69) is 51.0 Å². The van der Waals surface area contributed by atoms with Crippen LogP contribution in [0.2, 0.25) is 19.6 Å². The van der Waals surface area contributed by atoms with E-state index in [1.54, 1.807) is 0 Å². The van der Waals surface area contributed by atoms with Gasteiger partial charge in [0.25, 0.3) is 0 Å². The molecule has 2 rings (SSSR count). The molecule has 1 heterocycles. The van der Waals surface area contributed by atoms with E-state index < -0.39 is 8.07 Å². The summed E-state index contributed by atoms with van der Waals surface area (Å²) < 4.78 is 11.6. The number of rotatable bonds is 1. The van der Waals surface area contributed by atoms with Crippen LogP contribution in [0.1, 0.15) is 19.4 Å². The Kier molecular flexibility index (Phi) is 4.43. The van der Waals surface area contributed by atoms with Crippen molar-refractivity contribution >= 4 is 20.7 Å². The molecule has 1 aliphatic heterocycles. The van der Waals surface area contributed by atoms with Gasteiger partial charge in [-0.2, -0.15) is 0 Å². The number of hydrogen-bond acceptors (Lipinski definition) is 2. The first-order valence-electron chi connectivity index (χ1n) is 7.12. The molecule has 4 heteroatoms. The minimum atomic E-state index is -1.34. The molecule has 1 saturated heterocycles. The average molecular weight is 286 g/mol. The van der Waals surface area contributed by atoms with Gasteiger partial charge in [-0.3, -0.25) is 0 Å². The lowest BCUT2D eigenvalue weighted by Gasteiger charge is -2.33. The maximum atomic E-state index is 5.82. The van der Waals surface area contributed by atoms with E-state index in [9.17, 15) is 0 Å². The van der Waals surface area contributed by atoms with Crippen LogP contribution in [0.25, 0.3) is 0 Å². The maximum Gasteiger partial charge on any atom is 0.493 e. The molecule has 0 aliphatic carbocycles. The van der Waals surface area contributed by atoms with E-state index in [4.69, 9.17) is 9.31 Å². The molecule has 0 bridgehead atoms. The predicted molar refractivity (Wildman–Crippen MR) is 87.7 cm³/mol. The molecule has 0 aromatic heterocycles. The molecule has 1 aromatic carbocycles. The highest BCUT2D eigenvalue weighted by molar-refractivity contribution is 6.83. The van der Waals surface area contributed by atoms with Crippen molar-refractivity contribution in [3.8, 4) is 11.5 Å². The monoisotopic (exact) mass is 286 g/mol. The van der Waals surface area contributed by atoms with Crippen molar-refractivity contribution in [2.75, 3.05) is 13.2 Å². The van der Waals surface area contributed by atoms with Gasteiger partial charge >= 0.3 is 7.12 Å². The van der Waals surface area contributed by atoms with Gasteiger partial charge in [-0.05, 0) is 17.6 Å². The van der Waals surface area contributed by atoms with Crippen LogP contribution in [0.4, 0.5) is 0 Å². The van der Waals surface area contributed by atoms with Gasteiger partial charge in [-0.15, -0.1) is 5.54 Å². The molecule has 1 aliphatic rings. The Morgan fingerprint density at radius 3 is 2.40 bits per heavy atom. The smallest absolute Gasteiger partial charge is 0.407 e. The minimum Gasteiger partial charge on any atom is -0.407 e. The SMILES string of the molecule is CC1(C)COB(c2cccc(C#C[Si](C)(C)C)c2)OC1. The van der Waals surface area contributed by atoms with Gasteiger partial charge in [0.15, 0.2) is 0 Å². The molecular formula is C16H23BO2Si. The van der Waals surface area contributed by atoms with E-state index in [1.165, 1.54) is 0 Å². The Morgan fingerprint density at radius 2 is 1.80 bits per heavy atom. The summed E-state index contributed by atoms with van der Waals surface area (Å²) >= 11 is 0. The first-order valence-corrected chi connectivity index (χ1v) is 10.6. The summed E-state index contributed by atoms with van der Waals surface area (Å²) in [5.41, 5.74) is 5.59. The van der Waals surface area contributed by atoms with Crippen molar-refractivity contribution in [2.24, 2.45) is 5.41 Å². The molecular weight excluding hydrogens is 263 g/mol. The zero-order valence-corrected chi connectivity index (χ0v) is 14.1. The molecule has 0 spiro atoms. The highest BCUT2D eigenvalue weighted by atomic mass is 28.3. The van der Waals surface area contributed by atoms with Crippen LogP contribution in [0, 0.1) is 16.9 Å². The van der Waals surface area contributed by atoms with Crippen molar-refractivity contribution in [1.82, 2.24) is 0 Å². The van der Waals surface area contributed by atoms with Gasteiger partial charge in [0, 0.05) is 24.2 Å². The molecule has 0 atom stereocenters. The van der Waals surface area contributed by atoms with E-state index >= 15 is 0 Å². The van der Waals surface area contributed by atoms with Gasteiger partial charge < -0.3 is 9.31 Å². The molecule has 20 heavy (non-hydrogen) atoms. The molecule has 0 saturated carbocycles. The Labute approximate surface area is 124 Å². The average Bonchev–Trinajstić information content (AvgIpc) is 2.36. The van der Waals surface area contributed by atoms with Crippen LogP contribution >= 0.6 is 0 Å². The van der Waals surface area contributed by atoms with Crippen LogP contribution in [-0.4, -0.2) is 28.4 Å². The van der Waals surface area contributed by atoms with Crippen LogP contribution < -0.4 is 5.46 Å². The molecule has 1 fully saturated rings. The summed E-state index contributed by atoms with van der Waals surface area (Å²) in [5, 5.41) is 0. The summed E-state index contributed by atoms with van der Waals surface area (Å²) in [5.74, 6) is 3.28. The zero-order valence-electron chi connectivity index (χ0n) is 13.1. The number of benzene rings is 1. The molecule has 2 nitrogen and oxygen atoms in total. The topological polar surface area (TPSA) is 18.5 Å². The third-order valence-electron chi connectivity index (χ3n) is 2.99. The highest BCUT2D eigenvalue weighted by Gasteiger charge is 2.33. The van der Waals surface area contributed by atoms with Crippen LogP contribution in [-0.2, 0) is 9.31 Å². The lowest BCUT2D eigenvalue weighted by atomic mass is 9.75. The molecule has 0 unspecified atom stereocenters. The summed E-state index contributed by atoms with van der Waals surface area (Å²) in [6.45, 7) is 12.5. The molecule has 0 amide bonds. The largest absolute Gasteiger partial charge is 0.493 e. The number of hydrogen-bond donors (Lipinski definition) is 0. The van der Waals surface area contributed by atoms with Crippen molar-refractivity contribution in [3.63, 3.8) is 0 Å². The second kappa shape index (κ2) is 5.77. The van der Waals surface area contributed by atoms with Crippen molar-refractivity contribution in [3.05, 3.63) is 29.8 Å². The standard InChI is InChI=1S/C16H23BO2Si/c1-16(2)12-18-17(19-13-16)15-8-6-7-14(11-15)9-10-20(3,4)5/h6-8,11H,12-13H2,1-5H3.